The molecule has 0 aliphatic heterocycles. The molecule has 0 aromatic heterocycles. The molecule has 1 aliphatic carbocycles. The highest BCUT2D eigenvalue weighted by Crippen LogP contribution is 2.28. The van der Waals surface area contributed by atoms with E-state index in [1.807, 2.05) is 48.5 Å². The van der Waals surface area contributed by atoms with Gasteiger partial charge in [-0.15, -0.1) is 0 Å². The normalized spacial score (nSPS) is 19.1. The third-order valence-electron chi connectivity index (χ3n) is 5.23. The van der Waals surface area contributed by atoms with Crippen LogP contribution in [0.25, 0.3) is 0 Å². The Morgan fingerprint density at radius 2 is 1.21 bits per heavy atom. The van der Waals surface area contributed by atoms with E-state index in [0.717, 1.165) is 44.0 Å². The minimum absolute atomic E-state index is 0.000853. The van der Waals surface area contributed by atoms with Gasteiger partial charge in [0.15, 0.2) is 0 Å². The molecule has 0 heterocycles. The van der Waals surface area contributed by atoms with E-state index >= 15 is 0 Å². The minimum Gasteiger partial charge on any atom is -0.352 e. The molecular weight excluding hydrogens is 578 g/mol. The molecule has 0 unspecified atom stereocenters. The van der Waals surface area contributed by atoms with Gasteiger partial charge in [0.25, 0.3) is 11.8 Å². The van der Waals surface area contributed by atoms with Gasteiger partial charge in [-0.05, 0) is 101 Å². The molecular formula is C22H24I2N2O2. The van der Waals surface area contributed by atoms with Gasteiger partial charge >= 0.3 is 0 Å². The summed E-state index contributed by atoms with van der Waals surface area (Å²) in [5.41, 5.74) is 1.47. The van der Waals surface area contributed by atoms with Crippen molar-refractivity contribution in [2.24, 2.45) is 11.8 Å². The number of rotatable bonds is 6. The molecule has 1 fully saturated rings. The fourth-order valence-corrected chi connectivity index (χ4v) is 4.99. The first-order valence-corrected chi connectivity index (χ1v) is 11.8. The highest BCUT2D eigenvalue weighted by molar-refractivity contribution is 14.1. The standard InChI is InChI=1S/C22H24I2N2O2/c23-19-10-3-1-8-17(19)21(27)25-13-15-6-5-7-16(12-15)14-26-22(28)18-9-2-4-11-20(18)24/h1-4,8-11,15-16H,5-7,12-14H2,(H,25,27)(H,26,28)/t15-,16-/m1/s1. The lowest BCUT2D eigenvalue weighted by Gasteiger charge is -2.29. The first-order chi connectivity index (χ1) is 13.5. The quantitative estimate of drug-likeness (QED) is 0.465. The maximum Gasteiger partial charge on any atom is 0.252 e. The highest BCUT2D eigenvalue weighted by Gasteiger charge is 2.23. The third-order valence-corrected chi connectivity index (χ3v) is 7.11. The van der Waals surface area contributed by atoms with Crippen LogP contribution < -0.4 is 10.6 Å². The van der Waals surface area contributed by atoms with E-state index in [0.29, 0.717) is 24.9 Å². The second-order valence-electron chi connectivity index (χ2n) is 7.28. The zero-order valence-electron chi connectivity index (χ0n) is 15.6. The van der Waals surface area contributed by atoms with Gasteiger partial charge in [0.2, 0.25) is 0 Å². The van der Waals surface area contributed by atoms with Crippen LogP contribution in [0, 0.1) is 19.0 Å². The molecule has 4 nitrogen and oxygen atoms in total. The van der Waals surface area contributed by atoms with Gasteiger partial charge in [-0.1, -0.05) is 30.7 Å². The van der Waals surface area contributed by atoms with E-state index in [1.54, 1.807) is 0 Å². The number of hydrogen-bond donors (Lipinski definition) is 2. The average Bonchev–Trinajstić information content (AvgIpc) is 2.71. The fourth-order valence-electron chi connectivity index (χ4n) is 3.73. The molecule has 0 spiro atoms. The molecule has 28 heavy (non-hydrogen) atoms. The van der Waals surface area contributed by atoms with Gasteiger partial charge in [0.05, 0.1) is 11.1 Å². The summed E-state index contributed by atoms with van der Waals surface area (Å²) in [5, 5.41) is 6.19. The van der Waals surface area contributed by atoms with Gasteiger partial charge in [0.1, 0.15) is 0 Å². The van der Waals surface area contributed by atoms with Crippen LogP contribution in [0.3, 0.4) is 0 Å². The topological polar surface area (TPSA) is 58.2 Å². The zero-order chi connectivity index (χ0) is 19.9. The monoisotopic (exact) mass is 602 g/mol. The van der Waals surface area contributed by atoms with Crippen LogP contribution in [0.15, 0.2) is 48.5 Å². The zero-order valence-corrected chi connectivity index (χ0v) is 19.9. The van der Waals surface area contributed by atoms with E-state index < -0.39 is 0 Å². The van der Waals surface area contributed by atoms with Crippen LogP contribution in [-0.4, -0.2) is 24.9 Å². The number of benzene rings is 2. The molecule has 2 aromatic rings. The summed E-state index contributed by atoms with van der Waals surface area (Å²) in [6.45, 7) is 1.40. The third kappa shape index (κ3) is 5.92. The number of halogens is 2. The first kappa shape index (κ1) is 21.5. The lowest BCUT2D eigenvalue weighted by atomic mass is 9.81. The number of amides is 2. The highest BCUT2D eigenvalue weighted by atomic mass is 127. The molecule has 2 atom stereocenters. The van der Waals surface area contributed by atoms with Crippen LogP contribution in [0.2, 0.25) is 0 Å². The van der Waals surface area contributed by atoms with Gasteiger partial charge < -0.3 is 10.6 Å². The number of carbonyl (C=O) groups excluding carboxylic acids is 2. The molecule has 0 bridgehead atoms. The van der Waals surface area contributed by atoms with Gasteiger partial charge in [-0.25, -0.2) is 0 Å². The summed E-state index contributed by atoms with van der Waals surface area (Å²) in [7, 11) is 0. The van der Waals surface area contributed by atoms with E-state index in [4.69, 9.17) is 0 Å². The Labute approximate surface area is 193 Å². The number of nitrogens with one attached hydrogen (secondary N) is 2. The molecule has 3 rings (SSSR count). The summed E-state index contributed by atoms with van der Waals surface area (Å²) in [6.07, 6.45) is 4.45. The van der Waals surface area contributed by atoms with Crippen LogP contribution in [0.4, 0.5) is 0 Å². The van der Waals surface area contributed by atoms with E-state index in [-0.39, 0.29) is 11.8 Å². The summed E-state index contributed by atoms with van der Waals surface area (Å²) >= 11 is 4.39. The average molecular weight is 602 g/mol. The number of hydrogen-bond acceptors (Lipinski definition) is 2. The van der Waals surface area contributed by atoms with Gasteiger partial charge in [-0.3, -0.25) is 9.59 Å². The predicted octanol–water partition coefficient (Wildman–Crippen LogP) is 4.86. The van der Waals surface area contributed by atoms with Crippen LogP contribution in [0.5, 0.6) is 0 Å². The molecule has 0 saturated heterocycles. The molecule has 1 aliphatic rings. The predicted molar refractivity (Wildman–Crippen MR) is 128 cm³/mol. The van der Waals surface area contributed by atoms with E-state index in [9.17, 15) is 9.59 Å². The molecule has 2 aromatic carbocycles. The molecule has 0 radical (unpaired) electrons. The summed E-state index contributed by atoms with van der Waals surface area (Å²) in [6, 6.07) is 15.3. The molecule has 1 saturated carbocycles. The van der Waals surface area contributed by atoms with Gasteiger partial charge in [0, 0.05) is 20.2 Å². The molecule has 2 N–H and O–H groups in total. The minimum atomic E-state index is -0.000853. The second kappa shape index (κ2) is 10.6. The maximum atomic E-state index is 12.4. The Morgan fingerprint density at radius 1 is 0.786 bits per heavy atom. The first-order valence-electron chi connectivity index (χ1n) is 9.60. The smallest absolute Gasteiger partial charge is 0.252 e. The second-order valence-corrected chi connectivity index (χ2v) is 9.60. The van der Waals surface area contributed by atoms with Crippen LogP contribution in [-0.2, 0) is 0 Å². The van der Waals surface area contributed by atoms with E-state index in [1.165, 1.54) is 0 Å². The van der Waals surface area contributed by atoms with Crippen molar-refractivity contribution in [3.63, 3.8) is 0 Å². The van der Waals surface area contributed by atoms with Gasteiger partial charge in [-0.2, -0.15) is 0 Å². The lowest BCUT2D eigenvalue weighted by Crippen LogP contribution is -2.36. The van der Waals surface area contributed by atoms with Crippen LogP contribution in [0.1, 0.15) is 46.4 Å². The summed E-state index contributed by atoms with van der Waals surface area (Å²) in [5.74, 6) is 0.939. The van der Waals surface area contributed by atoms with E-state index in [2.05, 4.69) is 55.8 Å². The van der Waals surface area contributed by atoms with Crippen molar-refractivity contribution in [2.75, 3.05) is 13.1 Å². The van der Waals surface area contributed by atoms with Crippen molar-refractivity contribution in [3.8, 4) is 0 Å². The van der Waals surface area contributed by atoms with Crippen molar-refractivity contribution >= 4 is 57.0 Å². The van der Waals surface area contributed by atoms with Crippen molar-refractivity contribution in [1.29, 1.82) is 0 Å². The number of carbonyl (C=O) groups is 2. The van der Waals surface area contributed by atoms with Crippen molar-refractivity contribution in [1.82, 2.24) is 10.6 Å². The Kier molecular flexibility index (Phi) is 8.13. The van der Waals surface area contributed by atoms with Crippen molar-refractivity contribution in [3.05, 3.63) is 66.8 Å². The largest absolute Gasteiger partial charge is 0.352 e. The maximum absolute atomic E-state index is 12.4. The Balaban J connectivity index is 1.46. The van der Waals surface area contributed by atoms with Crippen molar-refractivity contribution < 1.29 is 9.59 Å². The lowest BCUT2D eigenvalue weighted by molar-refractivity contribution is 0.0934. The molecule has 6 heteroatoms. The summed E-state index contributed by atoms with van der Waals surface area (Å²) < 4.78 is 1.94. The Hall–Kier alpha value is -1.16. The Morgan fingerprint density at radius 3 is 1.64 bits per heavy atom. The Bertz CT molecular complexity index is 773. The SMILES string of the molecule is O=C(NC[C@@H]1CCC[C@@H](CNC(=O)c2ccccc2I)C1)c1ccccc1I. The fraction of sp³-hybridized carbons (Fsp3) is 0.364. The molecule has 148 valence electrons. The van der Waals surface area contributed by atoms with Crippen LogP contribution >= 0.6 is 45.2 Å². The summed E-state index contributed by atoms with van der Waals surface area (Å²) in [4.78, 5) is 24.8. The molecule has 2 amide bonds. The van der Waals surface area contributed by atoms with Crippen molar-refractivity contribution in [2.45, 2.75) is 25.7 Å².